The summed E-state index contributed by atoms with van der Waals surface area (Å²) in [6.45, 7) is 8.74. The van der Waals surface area contributed by atoms with Crippen molar-refractivity contribution < 1.29 is 27.5 Å². The van der Waals surface area contributed by atoms with Crippen LogP contribution >= 0.6 is 11.3 Å². The first-order valence-corrected chi connectivity index (χ1v) is 16.7. The Morgan fingerprint density at radius 2 is 1.74 bits per heavy atom. The van der Waals surface area contributed by atoms with Crippen molar-refractivity contribution in [1.29, 1.82) is 0 Å². The van der Waals surface area contributed by atoms with Crippen LogP contribution in [0.25, 0.3) is 10.4 Å². The first-order valence-electron chi connectivity index (χ1n) is 14.4. The molecule has 232 valence electrons. The normalized spacial score (nSPS) is 17.3. The first kappa shape index (κ1) is 32.4. The van der Waals surface area contributed by atoms with Crippen molar-refractivity contribution in [1.82, 2.24) is 15.0 Å². The Kier molecular flexibility index (Phi) is 10.5. The van der Waals surface area contributed by atoms with E-state index in [1.54, 1.807) is 51.2 Å². The van der Waals surface area contributed by atoms with Crippen LogP contribution in [0.2, 0.25) is 0 Å². The fraction of sp³-hybridized carbons (Fsp3) is 0.452. The van der Waals surface area contributed by atoms with Gasteiger partial charge in [0.25, 0.3) is 5.91 Å². The molecule has 12 heteroatoms. The number of carbonyl (C=O) groups excluding carboxylic acids is 2. The summed E-state index contributed by atoms with van der Waals surface area (Å²) in [7, 11) is -3.96. The van der Waals surface area contributed by atoms with Crippen LogP contribution < -0.4 is 20.1 Å². The van der Waals surface area contributed by atoms with E-state index in [-0.39, 0.29) is 29.6 Å². The number of carbonyl (C=O) groups is 2. The van der Waals surface area contributed by atoms with Crippen molar-refractivity contribution in [3.05, 3.63) is 59.7 Å². The van der Waals surface area contributed by atoms with Crippen molar-refractivity contribution in [2.24, 2.45) is 0 Å². The van der Waals surface area contributed by atoms with Gasteiger partial charge in [0.1, 0.15) is 5.75 Å². The average Bonchev–Trinajstić information content (AvgIpc) is 3.41. The van der Waals surface area contributed by atoms with Gasteiger partial charge in [-0.2, -0.15) is 0 Å². The molecule has 0 aliphatic heterocycles. The summed E-state index contributed by atoms with van der Waals surface area (Å²) >= 11 is 1.47. The standard InChI is InChI=1S/C31H40N4O6S2/c1-20(2)41-30(37)34-22-13-11-21(12-14-22)29-32-18-26(42-29)25-16-15-23(17-27(25)43(38,39)35-31(3,4)5)33-28(36)19-40-24-9-7-6-8-10-24/h6-10,15-18,20-22,35H,11-14,19H2,1-5H3,(H,33,36)(H,34,37)/t21-,22-. The molecule has 10 nitrogen and oxygen atoms in total. The highest BCUT2D eigenvalue weighted by Gasteiger charge is 2.29. The molecule has 1 saturated carbocycles. The summed E-state index contributed by atoms with van der Waals surface area (Å²) in [6.07, 6.45) is 4.47. The highest BCUT2D eigenvalue weighted by atomic mass is 32.2. The number of ether oxygens (including phenoxy) is 2. The van der Waals surface area contributed by atoms with Crippen LogP contribution in [0.1, 0.15) is 71.2 Å². The molecule has 0 unspecified atom stereocenters. The number of sulfonamides is 1. The lowest BCUT2D eigenvalue weighted by Gasteiger charge is -2.28. The maximum absolute atomic E-state index is 13.6. The van der Waals surface area contributed by atoms with E-state index in [0.717, 1.165) is 35.6 Å². The molecule has 3 N–H and O–H groups in total. The van der Waals surface area contributed by atoms with Crippen LogP contribution in [0.4, 0.5) is 10.5 Å². The summed E-state index contributed by atoms with van der Waals surface area (Å²) in [5.74, 6) is 0.366. The van der Waals surface area contributed by atoms with Gasteiger partial charge in [-0.3, -0.25) is 4.79 Å². The second-order valence-electron chi connectivity index (χ2n) is 11.9. The van der Waals surface area contributed by atoms with Gasteiger partial charge in [0.05, 0.1) is 20.9 Å². The van der Waals surface area contributed by atoms with E-state index in [1.165, 1.54) is 17.4 Å². The number of aromatic nitrogens is 1. The lowest BCUT2D eigenvalue weighted by molar-refractivity contribution is -0.118. The SMILES string of the molecule is CC(C)OC(=O)N[C@H]1CC[C@H](c2ncc(-c3ccc(NC(=O)COc4ccccc4)cc3S(=O)(=O)NC(C)(C)C)s2)CC1. The second-order valence-corrected chi connectivity index (χ2v) is 14.6. The molecule has 0 atom stereocenters. The summed E-state index contributed by atoms with van der Waals surface area (Å²) < 4.78 is 40.6. The lowest BCUT2D eigenvalue weighted by atomic mass is 9.86. The number of benzene rings is 2. The predicted octanol–water partition coefficient (Wildman–Crippen LogP) is 6.07. The number of thiazole rings is 1. The number of para-hydroxylation sites is 1. The van der Waals surface area contributed by atoms with E-state index in [4.69, 9.17) is 9.47 Å². The van der Waals surface area contributed by atoms with E-state index >= 15 is 0 Å². The number of nitrogens with zero attached hydrogens (tertiary/aromatic N) is 1. The van der Waals surface area contributed by atoms with Crippen molar-refractivity contribution in [3.8, 4) is 16.2 Å². The molecule has 0 spiro atoms. The number of rotatable bonds is 10. The monoisotopic (exact) mass is 628 g/mol. The van der Waals surface area contributed by atoms with Gasteiger partial charge in [0.2, 0.25) is 10.0 Å². The Labute approximate surface area is 257 Å². The van der Waals surface area contributed by atoms with Gasteiger partial charge < -0.3 is 20.1 Å². The third kappa shape index (κ3) is 9.50. The van der Waals surface area contributed by atoms with E-state index in [9.17, 15) is 18.0 Å². The van der Waals surface area contributed by atoms with Gasteiger partial charge in [-0.1, -0.05) is 24.3 Å². The summed E-state index contributed by atoms with van der Waals surface area (Å²) in [5, 5.41) is 6.62. The Morgan fingerprint density at radius 1 is 1.05 bits per heavy atom. The van der Waals surface area contributed by atoms with Gasteiger partial charge in [0.15, 0.2) is 6.61 Å². The van der Waals surface area contributed by atoms with Crippen LogP contribution in [-0.4, -0.2) is 49.7 Å². The summed E-state index contributed by atoms with van der Waals surface area (Å²) in [6, 6.07) is 13.9. The zero-order chi connectivity index (χ0) is 31.2. The number of alkyl carbamates (subject to hydrolysis) is 1. The molecular formula is C31H40N4O6S2. The zero-order valence-corrected chi connectivity index (χ0v) is 26.8. The second kappa shape index (κ2) is 13.9. The Hall–Kier alpha value is -3.48. The molecule has 4 rings (SSSR count). The molecule has 2 aromatic carbocycles. The van der Waals surface area contributed by atoms with E-state index in [0.29, 0.717) is 17.0 Å². The number of hydrogen-bond acceptors (Lipinski definition) is 8. The maximum atomic E-state index is 13.6. The third-order valence-electron chi connectivity index (χ3n) is 6.64. The quantitative estimate of drug-likeness (QED) is 0.248. The number of hydrogen-bond donors (Lipinski definition) is 3. The van der Waals surface area contributed by atoms with Crippen molar-refractivity contribution in [2.75, 3.05) is 11.9 Å². The molecule has 1 aliphatic carbocycles. The van der Waals surface area contributed by atoms with Gasteiger partial charge in [-0.25, -0.2) is 22.9 Å². The zero-order valence-electron chi connectivity index (χ0n) is 25.2. The largest absolute Gasteiger partial charge is 0.484 e. The van der Waals surface area contributed by atoms with Crippen LogP contribution in [0.15, 0.2) is 59.6 Å². The van der Waals surface area contributed by atoms with Crippen LogP contribution in [0, 0.1) is 0 Å². The molecular weight excluding hydrogens is 588 g/mol. The molecule has 0 bridgehead atoms. The van der Waals surface area contributed by atoms with E-state index in [2.05, 4.69) is 20.3 Å². The van der Waals surface area contributed by atoms with Gasteiger partial charge in [0, 0.05) is 34.9 Å². The number of amides is 2. The Morgan fingerprint density at radius 3 is 2.40 bits per heavy atom. The maximum Gasteiger partial charge on any atom is 0.407 e. The van der Waals surface area contributed by atoms with E-state index < -0.39 is 27.6 Å². The Balaban J connectivity index is 1.50. The molecule has 0 saturated heterocycles. The molecule has 1 aromatic heterocycles. The van der Waals surface area contributed by atoms with Gasteiger partial charge in [-0.05, 0) is 84.6 Å². The third-order valence-corrected chi connectivity index (χ3v) is 9.63. The number of nitrogens with one attached hydrogen (secondary N) is 3. The fourth-order valence-corrected chi connectivity index (χ4v) is 7.70. The molecule has 3 aromatic rings. The minimum Gasteiger partial charge on any atom is -0.484 e. The van der Waals surface area contributed by atoms with Gasteiger partial charge in [-0.15, -0.1) is 11.3 Å². The summed E-state index contributed by atoms with van der Waals surface area (Å²) in [4.78, 5) is 30.0. The molecule has 2 amide bonds. The van der Waals surface area contributed by atoms with Crippen molar-refractivity contribution >= 4 is 39.0 Å². The molecule has 1 fully saturated rings. The highest BCUT2D eigenvalue weighted by molar-refractivity contribution is 7.89. The first-order chi connectivity index (χ1) is 20.3. The van der Waals surface area contributed by atoms with Crippen LogP contribution in [0.3, 0.4) is 0 Å². The summed E-state index contributed by atoms with van der Waals surface area (Å²) in [5.41, 5.74) is 0.128. The fourth-order valence-electron chi connectivity index (χ4n) is 4.85. The molecule has 43 heavy (non-hydrogen) atoms. The van der Waals surface area contributed by atoms with E-state index in [1.807, 2.05) is 32.0 Å². The smallest absolute Gasteiger partial charge is 0.407 e. The number of anilines is 1. The minimum absolute atomic E-state index is 0.0518. The molecule has 1 aliphatic rings. The Bertz CT molecular complexity index is 1510. The van der Waals surface area contributed by atoms with Crippen LogP contribution in [0.5, 0.6) is 5.75 Å². The molecule has 1 heterocycles. The van der Waals surface area contributed by atoms with Crippen LogP contribution in [-0.2, 0) is 19.6 Å². The van der Waals surface area contributed by atoms with Crippen molar-refractivity contribution in [2.45, 2.75) is 88.8 Å². The topological polar surface area (TPSA) is 136 Å². The highest BCUT2D eigenvalue weighted by Crippen LogP contribution is 2.40. The predicted molar refractivity (Wildman–Crippen MR) is 168 cm³/mol. The average molecular weight is 629 g/mol. The van der Waals surface area contributed by atoms with Gasteiger partial charge >= 0.3 is 6.09 Å². The minimum atomic E-state index is -3.96. The lowest BCUT2D eigenvalue weighted by Crippen LogP contribution is -2.40. The van der Waals surface area contributed by atoms with Crippen molar-refractivity contribution in [3.63, 3.8) is 0 Å². The molecule has 0 radical (unpaired) electrons.